The number of para-hydroxylation sites is 1. The number of aliphatic hydroxyl groups excluding tert-OH is 1. The second kappa shape index (κ2) is 11.5. The van der Waals surface area contributed by atoms with Crippen molar-refractivity contribution in [3.8, 4) is 0 Å². The van der Waals surface area contributed by atoms with E-state index < -0.39 is 11.7 Å². The summed E-state index contributed by atoms with van der Waals surface area (Å²) in [5, 5.41) is 10.1. The standard InChI is InChI=1S/C36H39N3O5/c1-24-18-30(20-34(42)38-22-27-9-3-2-8-26(27)19-29(38)23-40)44-36(24)31-10-4-5-11-32(31)39(35(36)43)21-25-13-15-28(16-14-25)37-17-7-6-12-33(37)41/h2-5,8-11,13-16,24,29-30,40H,6-7,12,17-23H2,1H3/t24-,29+,30-,36+/m1/s1. The van der Waals surface area contributed by atoms with Crippen LogP contribution >= 0.6 is 0 Å². The van der Waals surface area contributed by atoms with Crippen LogP contribution < -0.4 is 9.80 Å². The molecule has 2 fully saturated rings. The molecule has 7 rings (SSSR count). The fraction of sp³-hybridized carbons (Fsp3) is 0.417. The summed E-state index contributed by atoms with van der Waals surface area (Å²) >= 11 is 0. The van der Waals surface area contributed by atoms with Gasteiger partial charge in [-0.2, -0.15) is 0 Å². The normalized spacial score (nSPS) is 26.3. The van der Waals surface area contributed by atoms with Gasteiger partial charge in [0.2, 0.25) is 11.8 Å². The Morgan fingerprint density at radius 1 is 0.977 bits per heavy atom. The Hall–Kier alpha value is -4.01. The van der Waals surface area contributed by atoms with Gasteiger partial charge in [0.15, 0.2) is 5.60 Å². The van der Waals surface area contributed by atoms with Gasteiger partial charge < -0.3 is 24.5 Å². The van der Waals surface area contributed by atoms with Gasteiger partial charge >= 0.3 is 0 Å². The van der Waals surface area contributed by atoms with Crippen molar-refractivity contribution in [3.05, 3.63) is 95.1 Å². The second-order valence-electron chi connectivity index (χ2n) is 12.7. The number of piperidine rings is 1. The predicted octanol–water partition coefficient (Wildman–Crippen LogP) is 4.71. The number of amides is 3. The zero-order valence-corrected chi connectivity index (χ0v) is 25.2. The molecule has 0 radical (unpaired) electrons. The highest BCUT2D eigenvalue weighted by Gasteiger charge is 2.60. The first kappa shape index (κ1) is 28.7. The minimum absolute atomic E-state index is 0.0596. The molecule has 0 aromatic heterocycles. The van der Waals surface area contributed by atoms with Crippen LogP contribution in [0.15, 0.2) is 72.8 Å². The van der Waals surface area contributed by atoms with Crippen molar-refractivity contribution in [1.29, 1.82) is 0 Å². The van der Waals surface area contributed by atoms with Crippen molar-refractivity contribution >= 4 is 29.1 Å². The molecule has 0 aliphatic carbocycles. The molecule has 2 saturated heterocycles. The molecule has 228 valence electrons. The van der Waals surface area contributed by atoms with E-state index in [1.807, 2.05) is 78.6 Å². The van der Waals surface area contributed by atoms with Gasteiger partial charge in [-0.3, -0.25) is 14.4 Å². The Kier molecular flexibility index (Phi) is 7.50. The van der Waals surface area contributed by atoms with Crippen LogP contribution in [0.3, 0.4) is 0 Å². The number of hydrogen-bond acceptors (Lipinski definition) is 5. The minimum Gasteiger partial charge on any atom is -0.394 e. The molecule has 3 aromatic carbocycles. The van der Waals surface area contributed by atoms with Gasteiger partial charge in [-0.1, -0.05) is 61.5 Å². The average molecular weight is 594 g/mol. The second-order valence-corrected chi connectivity index (χ2v) is 12.7. The van der Waals surface area contributed by atoms with Gasteiger partial charge in [0, 0.05) is 36.7 Å². The number of aliphatic hydroxyl groups is 1. The molecule has 1 N–H and O–H groups in total. The van der Waals surface area contributed by atoms with Gasteiger partial charge in [-0.15, -0.1) is 0 Å². The van der Waals surface area contributed by atoms with Crippen LogP contribution in [-0.2, 0) is 44.2 Å². The largest absolute Gasteiger partial charge is 0.394 e. The number of ether oxygens (including phenoxy) is 1. The van der Waals surface area contributed by atoms with E-state index in [4.69, 9.17) is 4.74 Å². The lowest BCUT2D eigenvalue weighted by atomic mass is 9.83. The number of carbonyl (C=O) groups excluding carboxylic acids is 3. The van der Waals surface area contributed by atoms with E-state index in [2.05, 4.69) is 6.07 Å². The summed E-state index contributed by atoms with van der Waals surface area (Å²) in [7, 11) is 0. The predicted molar refractivity (Wildman–Crippen MR) is 167 cm³/mol. The molecule has 3 amide bonds. The Bertz CT molecular complexity index is 1590. The molecule has 8 heteroatoms. The molecule has 0 unspecified atom stereocenters. The lowest BCUT2D eigenvalue weighted by molar-refractivity contribution is -0.151. The van der Waals surface area contributed by atoms with Crippen LogP contribution in [0.25, 0.3) is 0 Å². The van der Waals surface area contributed by atoms with E-state index in [-0.39, 0.29) is 42.7 Å². The third-order valence-corrected chi connectivity index (χ3v) is 10.0. The molecular weight excluding hydrogens is 554 g/mol. The smallest absolute Gasteiger partial charge is 0.264 e. The van der Waals surface area contributed by atoms with E-state index in [1.54, 1.807) is 9.80 Å². The molecule has 0 saturated carbocycles. The lowest BCUT2D eigenvalue weighted by Crippen LogP contribution is -2.47. The Morgan fingerprint density at radius 2 is 1.73 bits per heavy atom. The highest BCUT2D eigenvalue weighted by molar-refractivity contribution is 6.07. The molecule has 3 aromatic rings. The maximum absolute atomic E-state index is 14.3. The van der Waals surface area contributed by atoms with Crippen LogP contribution in [0.4, 0.5) is 11.4 Å². The van der Waals surface area contributed by atoms with E-state index in [1.165, 1.54) is 5.56 Å². The number of benzene rings is 3. The van der Waals surface area contributed by atoms with Crippen molar-refractivity contribution in [3.63, 3.8) is 0 Å². The van der Waals surface area contributed by atoms with Crippen LogP contribution in [0.1, 0.15) is 61.3 Å². The van der Waals surface area contributed by atoms with E-state index in [9.17, 15) is 19.5 Å². The van der Waals surface area contributed by atoms with E-state index in [0.29, 0.717) is 32.4 Å². The van der Waals surface area contributed by atoms with Gasteiger partial charge in [-0.05, 0) is 60.6 Å². The molecule has 44 heavy (non-hydrogen) atoms. The SMILES string of the molecule is C[C@@H]1C[C@H](CC(=O)N2Cc3ccccc3C[C@H]2CO)O[C@@]12C(=O)N(Cc1ccc(N3CCCCC3=O)cc1)c1ccccc12. The minimum atomic E-state index is -1.15. The zero-order chi connectivity index (χ0) is 30.4. The van der Waals surface area contributed by atoms with Crippen LogP contribution in [-0.4, -0.2) is 53.0 Å². The summed E-state index contributed by atoms with van der Waals surface area (Å²) in [5.41, 5.74) is 4.67. The first-order valence-corrected chi connectivity index (χ1v) is 15.8. The van der Waals surface area contributed by atoms with Crippen LogP contribution in [0.5, 0.6) is 0 Å². The van der Waals surface area contributed by atoms with Crippen molar-refractivity contribution in [2.45, 2.75) is 76.3 Å². The fourth-order valence-corrected chi connectivity index (χ4v) is 7.70. The van der Waals surface area contributed by atoms with E-state index >= 15 is 0 Å². The summed E-state index contributed by atoms with van der Waals surface area (Å²) < 4.78 is 6.69. The Morgan fingerprint density at radius 3 is 2.50 bits per heavy atom. The van der Waals surface area contributed by atoms with Crippen molar-refractivity contribution in [2.24, 2.45) is 5.92 Å². The molecule has 8 nitrogen and oxygen atoms in total. The molecule has 4 aliphatic rings. The summed E-state index contributed by atoms with van der Waals surface area (Å²) in [6.45, 7) is 3.54. The number of nitrogens with zero attached hydrogens (tertiary/aromatic N) is 3. The average Bonchev–Trinajstić information content (AvgIpc) is 3.50. The topological polar surface area (TPSA) is 90.4 Å². The summed E-state index contributed by atoms with van der Waals surface area (Å²) in [5.74, 6) is -0.124. The van der Waals surface area contributed by atoms with Gasteiger partial charge in [0.25, 0.3) is 5.91 Å². The first-order chi connectivity index (χ1) is 21.4. The third-order valence-electron chi connectivity index (χ3n) is 10.0. The quantitative estimate of drug-likeness (QED) is 0.447. The summed E-state index contributed by atoms with van der Waals surface area (Å²) in [6.07, 6.45) is 3.50. The first-order valence-electron chi connectivity index (χ1n) is 15.8. The van der Waals surface area contributed by atoms with Crippen LogP contribution in [0.2, 0.25) is 0 Å². The number of carbonyl (C=O) groups is 3. The maximum atomic E-state index is 14.3. The zero-order valence-electron chi connectivity index (χ0n) is 25.2. The highest BCUT2D eigenvalue weighted by Crippen LogP contribution is 2.53. The highest BCUT2D eigenvalue weighted by atomic mass is 16.5. The fourth-order valence-electron chi connectivity index (χ4n) is 7.70. The number of anilines is 2. The monoisotopic (exact) mass is 593 g/mol. The number of hydrogen-bond donors (Lipinski definition) is 1. The summed E-state index contributed by atoms with van der Waals surface area (Å²) in [4.78, 5) is 45.8. The Labute approximate surface area is 258 Å². The molecule has 0 bridgehead atoms. The molecule has 4 aliphatic heterocycles. The van der Waals surface area contributed by atoms with Crippen LogP contribution in [0, 0.1) is 5.92 Å². The third kappa shape index (κ3) is 4.81. The van der Waals surface area contributed by atoms with Gasteiger partial charge in [-0.25, -0.2) is 0 Å². The summed E-state index contributed by atoms with van der Waals surface area (Å²) in [6, 6.07) is 23.5. The molecule has 4 heterocycles. The maximum Gasteiger partial charge on any atom is 0.264 e. The number of fused-ring (bicyclic) bond motifs is 3. The lowest BCUT2D eigenvalue weighted by Gasteiger charge is -2.36. The Balaban J connectivity index is 1.09. The van der Waals surface area contributed by atoms with E-state index in [0.717, 1.165) is 47.5 Å². The van der Waals surface area contributed by atoms with Crippen molar-refractivity contribution < 1.29 is 24.2 Å². The van der Waals surface area contributed by atoms with Crippen molar-refractivity contribution in [2.75, 3.05) is 23.0 Å². The number of rotatable bonds is 6. The molecular formula is C36H39N3O5. The molecule has 1 spiro atoms. The van der Waals surface area contributed by atoms with Gasteiger partial charge in [0.1, 0.15) is 0 Å². The van der Waals surface area contributed by atoms with Crippen molar-refractivity contribution in [1.82, 2.24) is 4.90 Å². The van der Waals surface area contributed by atoms with Gasteiger partial charge in [0.05, 0.1) is 37.4 Å². The molecule has 4 atom stereocenters.